The average molecular weight is 188 g/mol. The van der Waals surface area contributed by atoms with Gasteiger partial charge in [0.2, 0.25) is 0 Å². The third kappa shape index (κ3) is 10.2. The van der Waals surface area contributed by atoms with Crippen LogP contribution in [-0.4, -0.2) is 27.3 Å². The SMILES string of the molecule is C=C(C)C(=O)O.CC(=CO)C(=O)O. The van der Waals surface area contributed by atoms with Crippen molar-refractivity contribution in [2.45, 2.75) is 13.8 Å². The second-order valence-electron chi connectivity index (χ2n) is 2.20. The molecule has 0 saturated heterocycles. The van der Waals surface area contributed by atoms with Gasteiger partial charge in [0.15, 0.2) is 0 Å². The molecule has 0 saturated carbocycles. The first kappa shape index (κ1) is 13.8. The number of hydrogen-bond donors (Lipinski definition) is 3. The molecule has 0 aliphatic heterocycles. The number of carboxylic acid groups (broad SMARTS) is 2. The normalized spacial score (nSPS) is 9.54. The number of aliphatic carboxylic acids is 2. The van der Waals surface area contributed by atoms with Crippen molar-refractivity contribution in [1.29, 1.82) is 0 Å². The number of hydrogen-bond acceptors (Lipinski definition) is 3. The first-order chi connectivity index (χ1) is 5.82. The highest BCUT2D eigenvalue weighted by Gasteiger charge is 1.95. The molecule has 0 unspecified atom stereocenters. The van der Waals surface area contributed by atoms with E-state index in [1.165, 1.54) is 13.8 Å². The number of carboxylic acids is 2. The van der Waals surface area contributed by atoms with Crippen LogP contribution in [0.4, 0.5) is 0 Å². The molecule has 74 valence electrons. The second-order valence-corrected chi connectivity index (χ2v) is 2.20. The van der Waals surface area contributed by atoms with Gasteiger partial charge in [-0.1, -0.05) is 6.58 Å². The Kier molecular flexibility index (Phi) is 7.32. The van der Waals surface area contributed by atoms with Crippen molar-refractivity contribution in [2.24, 2.45) is 0 Å². The Hall–Kier alpha value is -1.78. The minimum atomic E-state index is -1.09. The summed E-state index contributed by atoms with van der Waals surface area (Å²) in [5.41, 5.74) is 0.120. The zero-order chi connectivity index (χ0) is 11.0. The first-order valence-electron chi connectivity index (χ1n) is 3.26. The molecule has 5 heteroatoms. The zero-order valence-corrected chi connectivity index (χ0v) is 7.44. The van der Waals surface area contributed by atoms with Crippen molar-refractivity contribution in [3.63, 3.8) is 0 Å². The van der Waals surface area contributed by atoms with Gasteiger partial charge in [-0.3, -0.25) is 0 Å². The molecule has 0 aromatic carbocycles. The van der Waals surface area contributed by atoms with Gasteiger partial charge in [0.25, 0.3) is 0 Å². The quantitative estimate of drug-likeness (QED) is 0.446. The molecule has 0 aliphatic carbocycles. The molecule has 0 atom stereocenters. The lowest BCUT2D eigenvalue weighted by molar-refractivity contribution is -0.133. The predicted molar refractivity (Wildman–Crippen MR) is 46.5 cm³/mol. The molecular weight excluding hydrogens is 176 g/mol. The van der Waals surface area contributed by atoms with E-state index < -0.39 is 11.9 Å². The summed E-state index contributed by atoms with van der Waals surface area (Å²) in [5.74, 6) is -2.03. The van der Waals surface area contributed by atoms with Crippen molar-refractivity contribution < 1.29 is 24.9 Å². The van der Waals surface area contributed by atoms with Crippen LogP contribution in [0.1, 0.15) is 13.8 Å². The van der Waals surface area contributed by atoms with E-state index >= 15 is 0 Å². The van der Waals surface area contributed by atoms with Crippen molar-refractivity contribution in [3.05, 3.63) is 24.0 Å². The lowest BCUT2D eigenvalue weighted by Crippen LogP contribution is -1.94. The molecule has 0 radical (unpaired) electrons. The molecule has 0 bridgehead atoms. The van der Waals surface area contributed by atoms with Crippen molar-refractivity contribution in [3.8, 4) is 0 Å². The highest BCUT2D eigenvalue weighted by Crippen LogP contribution is 1.86. The summed E-state index contributed by atoms with van der Waals surface area (Å²) in [6.07, 6.45) is 0.558. The Balaban J connectivity index is 0. The summed E-state index contributed by atoms with van der Waals surface area (Å²) in [7, 11) is 0. The largest absolute Gasteiger partial charge is 0.515 e. The second kappa shape index (κ2) is 6.90. The fourth-order valence-electron chi connectivity index (χ4n) is 0.0552. The summed E-state index contributed by atoms with van der Waals surface area (Å²) in [6.45, 7) is 5.91. The Bertz CT molecular complexity index is 227. The molecule has 0 amide bonds. The van der Waals surface area contributed by atoms with Gasteiger partial charge >= 0.3 is 11.9 Å². The van der Waals surface area contributed by atoms with Gasteiger partial charge in [-0.2, -0.15) is 0 Å². The molecule has 0 aliphatic rings. The summed E-state index contributed by atoms with van der Waals surface area (Å²) < 4.78 is 0. The maximum atomic E-state index is 9.70. The third-order valence-corrected chi connectivity index (χ3v) is 0.896. The van der Waals surface area contributed by atoms with Crippen LogP contribution in [-0.2, 0) is 9.59 Å². The van der Waals surface area contributed by atoms with Crippen LogP contribution in [0.5, 0.6) is 0 Å². The molecule has 0 heterocycles. The van der Waals surface area contributed by atoms with E-state index in [9.17, 15) is 9.59 Å². The number of rotatable bonds is 2. The van der Waals surface area contributed by atoms with Gasteiger partial charge in [-0.05, 0) is 13.8 Å². The smallest absolute Gasteiger partial charge is 0.334 e. The molecular formula is C8H12O5. The maximum Gasteiger partial charge on any atom is 0.334 e. The van der Waals surface area contributed by atoms with Crippen LogP contribution in [0.2, 0.25) is 0 Å². The predicted octanol–water partition coefficient (Wildman–Crippen LogP) is 1.18. The van der Waals surface area contributed by atoms with Crippen LogP contribution in [0.15, 0.2) is 24.0 Å². The maximum absolute atomic E-state index is 9.70. The Labute approximate surface area is 75.6 Å². The molecule has 3 N–H and O–H groups in total. The third-order valence-electron chi connectivity index (χ3n) is 0.896. The molecule has 0 aromatic heterocycles. The lowest BCUT2D eigenvalue weighted by Gasteiger charge is -1.83. The van der Waals surface area contributed by atoms with Crippen LogP contribution in [0.25, 0.3) is 0 Å². The molecule has 0 aromatic rings. The van der Waals surface area contributed by atoms with Crippen LogP contribution >= 0.6 is 0 Å². The first-order valence-corrected chi connectivity index (χ1v) is 3.26. The number of carbonyl (C=O) groups is 2. The van der Waals surface area contributed by atoms with E-state index in [4.69, 9.17) is 15.3 Å². The van der Waals surface area contributed by atoms with E-state index in [0.717, 1.165) is 0 Å². The summed E-state index contributed by atoms with van der Waals surface area (Å²) >= 11 is 0. The highest BCUT2D eigenvalue weighted by molar-refractivity contribution is 5.85. The van der Waals surface area contributed by atoms with Gasteiger partial charge in [0, 0.05) is 5.57 Å². The highest BCUT2D eigenvalue weighted by atomic mass is 16.4. The summed E-state index contributed by atoms with van der Waals surface area (Å²) in [5, 5.41) is 23.8. The monoisotopic (exact) mass is 188 g/mol. The minimum Gasteiger partial charge on any atom is -0.515 e. The lowest BCUT2D eigenvalue weighted by atomic mass is 10.4. The minimum absolute atomic E-state index is 0.0556. The molecule has 0 fully saturated rings. The Morgan fingerprint density at radius 3 is 1.46 bits per heavy atom. The number of aliphatic hydroxyl groups is 1. The molecule has 0 spiro atoms. The molecule has 0 rings (SSSR count). The zero-order valence-electron chi connectivity index (χ0n) is 7.44. The topological polar surface area (TPSA) is 94.8 Å². The van der Waals surface area contributed by atoms with E-state index in [1.54, 1.807) is 0 Å². The summed E-state index contributed by atoms with van der Waals surface area (Å²) in [6, 6.07) is 0. The standard InChI is InChI=1S/C4H6O3.C4H6O2/c1-3(2-5)4(6)7;1-3(2)4(5)6/h2,5H,1H3,(H,6,7);1H2,2H3,(H,5,6). The van der Waals surface area contributed by atoms with Gasteiger partial charge in [-0.15, -0.1) is 0 Å². The van der Waals surface area contributed by atoms with Crippen molar-refractivity contribution >= 4 is 11.9 Å². The fourth-order valence-corrected chi connectivity index (χ4v) is 0.0552. The average Bonchev–Trinajstić information content (AvgIpc) is 2.03. The van der Waals surface area contributed by atoms with Gasteiger partial charge in [0.1, 0.15) is 0 Å². The number of aliphatic hydroxyl groups excluding tert-OH is 1. The van der Waals surface area contributed by atoms with E-state index in [0.29, 0.717) is 6.26 Å². The fraction of sp³-hybridized carbons (Fsp3) is 0.250. The van der Waals surface area contributed by atoms with Crippen molar-refractivity contribution in [2.75, 3.05) is 0 Å². The van der Waals surface area contributed by atoms with Crippen LogP contribution in [0, 0.1) is 0 Å². The Morgan fingerprint density at radius 1 is 1.15 bits per heavy atom. The van der Waals surface area contributed by atoms with Crippen LogP contribution in [0.3, 0.4) is 0 Å². The van der Waals surface area contributed by atoms with Gasteiger partial charge < -0.3 is 15.3 Å². The Morgan fingerprint density at radius 2 is 1.46 bits per heavy atom. The van der Waals surface area contributed by atoms with E-state index in [-0.39, 0.29) is 11.1 Å². The van der Waals surface area contributed by atoms with E-state index in [2.05, 4.69) is 6.58 Å². The van der Waals surface area contributed by atoms with E-state index in [1.807, 2.05) is 0 Å². The van der Waals surface area contributed by atoms with Gasteiger partial charge in [0.05, 0.1) is 11.8 Å². The van der Waals surface area contributed by atoms with Gasteiger partial charge in [-0.25, -0.2) is 9.59 Å². The van der Waals surface area contributed by atoms with Crippen molar-refractivity contribution in [1.82, 2.24) is 0 Å². The molecule has 5 nitrogen and oxygen atoms in total. The summed E-state index contributed by atoms with van der Waals surface area (Å²) in [4.78, 5) is 19.3. The molecule has 13 heavy (non-hydrogen) atoms. The van der Waals surface area contributed by atoms with Crippen LogP contribution < -0.4 is 0 Å².